The van der Waals surface area contributed by atoms with Crippen LogP contribution in [0.3, 0.4) is 0 Å². The molecule has 1 atom stereocenters. The van der Waals surface area contributed by atoms with E-state index in [1.54, 1.807) is 6.07 Å². The number of anilines is 1. The van der Waals surface area contributed by atoms with Gasteiger partial charge in [0, 0.05) is 25.3 Å². The molecule has 5 nitrogen and oxygen atoms in total. The number of hydrogen-bond donors (Lipinski definition) is 2. The van der Waals surface area contributed by atoms with E-state index < -0.39 is 0 Å². The Morgan fingerprint density at radius 2 is 1.97 bits per heavy atom. The van der Waals surface area contributed by atoms with Gasteiger partial charge < -0.3 is 20.7 Å². The maximum atomic E-state index is 12.5. The molecule has 1 heterocycles. The van der Waals surface area contributed by atoms with Crippen molar-refractivity contribution in [1.82, 2.24) is 5.32 Å². The first kappa shape index (κ1) is 21.6. The molecule has 1 aliphatic heterocycles. The number of amides is 1. The smallest absolute Gasteiger partial charge is 0.252 e. The lowest BCUT2D eigenvalue weighted by Gasteiger charge is -2.33. The molecule has 2 aromatic carbocycles. The Morgan fingerprint density at radius 1 is 1.24 bits per heavy atom. The van der Waals surface area contributed by atoms with Crippen molar-refractivity contribution < 1.29 is 9.53 Å². The number of nitrogens with one attached hydrogen (secondary N) is 1. The van der Waals surface area contributed by atoms with Crippen molar-refractivity contribution in [1.29, 1.82) is 0 Å². The van der Waals surface area contributed by atoms with Crippen LogP contribution < -0.4 is 16.0 Å². The zero-order valence-corrected chi connectivity index (χ0v) is 17.7. The summed E-state index contributed by atoms with van der Waals surface area (Å²) in [5.74, 6) is 0.429. The van der Waals surface area contributed by atoms with Crippen molar-refractivity contribution in [3.63, 3.8) is 0 Å². The van der Waals surface area contributed by atoms with Gasteiger partial charge in [0.15, 0.2) is 0 Å². The topological polar surface area (TPSA) is 67.6 Å². The molecule has 0 bridgehead atoms. The van der Waals surface area contributed by atoms with Gasteiger partial charge in [0.1, 0.15) is 0 Å². The summed E-state index contributed by atoms with van der Waals surface area (Å²) in [4.78, 5) is 14.8. The molecule has 0 aliphatic carbocycles. The summed E-state index contributed by atoms with van der Waals surface area (Å²) >= 11 is 6.40. The van der Waals surface area contributed by atoms with E-state index >= 15 is 0 Å². The van der Waals surface area contributed by atoms with Gasteiger partial charge in [-0.05, 0) is 56.0 Å². The van der Waals surface area contributed by atoms with E-state index in [9.17, 15) is 4.79 Å². The fourth-order valence-electron chi connectivity index (χ4n) is 3.63. The van der Waals surface area contributed by atoms with Gasteiger partial charge in [-0.15, -0.1) is 0 Å². The molecule has 1 fully saturated rings. The lowest BCUT2D eigenvalue weighted by Crippen LogP contribution is -2.36. The third-order valence-corrected chi connectivity index (χ3v) is 5.85. The first-order valence-electron chi connectivity index (χ1n) is 10.3. The zero-order chi connectivity index (χ0) is 20.6. The number of nitrogens with two attached hydrogens (primary N) is 1. The van der Waals surface area contributed by atoms with Crippen LogP contribution in [-0.4, -0.2) is 38.7 Å². The number of hydrogen-bond acceptors (Lipinski definition) is 4. The van der Waals surface area contributed by atoms with E-state index in [2.05, 4.69) is 10.2 Å². The quantitative estimate of drug-likeness (QED) is 0.639. The van der Waals surface area contributed by atoms with Gasteiger partial charge in [0.25, 0.3) is 5.91 Å². The number of ether oxygens (including phenoxy) is 1. The van der Waals surface area contributed by atoms with E-state index in [4.69, 9.17) is 22.1 Å². The summed E-state index contributed by atoms with van der Waals surface area (Å²) < 4.78 is 5.80. The summed E-state index contributed by atoms with van der Waals surface area (Å²) in [6.07, 6.45) is 2.18. The Labute approximate surface area is 178 Å². The highest BCUT2D eigenvalue weighted by atomic mass is 35.5. The monoisotopic (exact) mass is 415 g/mol. The predicted molar refractivity (Wildman–Crippen MR) is 119 cm³/mol. The second-order valence-electron chi connectivity index (χ2n) is 7.51. The Morgan fingerprint density at radius 3 is 2.62 bits per heavy atom. The molecule has 0 spiro atoms. The van der Waals surface area contributed by atoms with Crippen molar-refractivity contribution in [3.8, 4) is 0 Å². The Kier molecular flexibility index (Phi) is 7.92. The second kappa shape index (κ2) is 10.6. The summed E-state index contributed by atoms with van der Waals surface area (Å²) in [6, 6.07) is 15.7. The number of carbonyl (C=O) groups excluding carboxylic acids is 1. The lowest BCUT2D eigenvalue weighted by molar-refractivity contribution is 0.0645. The molecule has 3 N–H and O–H groups in total. The maximum Gasteiger partial charge on any atom is 0.252 e. The minimum absolute atomic E-state index is 0.0145. The molecule has 0 radical (unpaired) electrons. The summed E-state index contributed by atoms with van der Waals surface area (Å²) in [6.45, 7) is 5.57. The molecule has 0 saturated carbocycles. The molecule has 0 aromatic heterocycles. The molecule has 3 rings (SSSR count). The minimum Gasteiger partial charge on any atom is -0.372 e. The zero-order valence-electron chi connectivity index (χ0n) is 16.9. The van der Waals surface area contributed by atoms with E-state index in [1.807, 2.05) is 49.4 Å². The number of halogens is 1. The average Bonchev–Trinajstić information content (AvgIpc) is 2.77. The van der Waals surface area contributed by atoms with E-state index in [0.717, 1.165) is 43.7 Å². The van der Waals surface area contributed by atoms with Crippen LogP contribution in [0.5, 0.6) is 0 Å². The van der Waals surface area contributed by atoms with Crippen LogP contribution >= 0.6 is 11.6 Å². The molecular weight excluding hydrogens is 386 g/mol. The van der Waals surface area contributed by atoms with Crippen LogP contribution in [0, 0.1) is 5.92 Å². The van der Waals surface area contributed by atoms with Crippen molar-refractivity contribution >= 4 is 23.2 Å². The number of rotatable bonds is 8. The predicted octanol–water partition coefficient (Wildman–Crippen LogP) is 4.02. The molecule has 1 saturated heterocycles. The first-order valence-corrected chi connectivity index (χ1v) is 10.7. The molecule has 6 heteroatoms. The fraction of sp³-hybridized carbons (Fsp3) is 0.435. The van der Waals surface area contributed by atoms with E-state index in [1.165, 1.54) is 0 Å². The lowest BCUT2D eigenvalue weighted by atomic mass is 9.96. The second-order valence-corrected chi connectivity index (χ2v) is 7.92. The molecule has 2 aromatic rings. The van der Waals surface area contributed by atoms with Gasteiger partial charge in [-0.2, -0.15) is 0 Å². The Balaban J connectivity index is 1.47. The van der Waals surface area contributed by atoms with E-state index in [0.29, 0.717) is 29.7 Å². The SMILES string of the molecule is CC(OCCNC(=O)c1ccc(N2CCC(CN)CC2)cc1Cl)c1ccccc1. The van der Waals surface area contributed by atoms with Gasteiger partial charge in [-0.3, -0.25) is 4.79 Å². The summed E-state index contributed by atoms with van der Waals surface area (Å²) in [5.41, 5.74) is 8.43. The van der Waals surface area contributed by atoms with Crippen molar-refractivity contribution in [2.75, 3.05) is 37.7 Å². The highest BCUT2D eigenvalue weighted by Gasteiger charge is 2.19. The average molecular weight is 416 g/mol. The third-order valence-electron chi connectivity index (χ3n) is 5.53. The normalized spacial score (nSPS) is 15.9. The molecule has 156 valence electrons. The van der Waals surface area contributed by atoms with Crippen LogP contribution in [0.2, 0.25) is 5.02 Å². The molecule has 1 unspecified atom stereocenters. The third kappa shape index (κ3) is 5.95. The fourth-order valence-corrected chi connectivity index (χ4v) is 3.89. The van der Waals surface area contributed by atoms with Crippen molar-refractivity contribution in [2.45, 2.75) is 25.9 Å². The van der Waals surface area contributed by atoms with Gasteiger partial charge in [0.2, 0.25) is 0 Å². The van der Waals surface area contributed by atoms with Crippen LogP contribution in [0.25, 0.3) is 0 Å². The largest absolute Gasteiger partial charge is 0.372 e. The van der Waals surface area contributed by atoms with Crippen molar-refractivity contribution in [2.24, 2.45) is 11.7 Å². The number of piperidine rings is 1. The first-order chi connectivity index (χ1) is 14.1. The number of carbonyl (C=O) groups is 1. The number of nitrogens with zero attached hydrogens (tertiary/aromatic N) is 1. The highest BCUT2D eigenvalue weighted by Crippen LogP contribution is 2.27. The van der Waals surface area contributed by atoms with Crippen LogP contribution in [0.1, 0.15) is 41.8 Å². The Hall–Kier alpha value is -2.08. The highest BCUT2D eigenvalue weighted by molar-refractivity contribution is 6.34. The van der Waals surface area contributed by atoms with Crippen LogP contribution in [0.15, 0.2) is 48.5 Å². The standard InChI is InChI=1S/C23H30ClN3O2/c1-17(19-5-3-2-4-6-19)29-14-11-26-23(28)21-8-7-20(15-22(21)24)27-12-9-18(16-25)10-13-27/h2-8,15,17-18H,9-14,16,25H2,1H3,(H,26,28). The van der Waals surface area contributed by atoms with E-state index in [-0.39, 0.29) is 12.0 Å². The van der Waals surface area contributed by atoms with Gasteiger partial charge >= 0.3 is 0 Å². The Bertz CT molecular complexity index is 792. The van der Waals surface area contributed by atoms with Crippen molar-refractivity contribution in [3.05, 3.63) is 64.7 Å². The maximum absolute atomic E-state index is 12.5. The van der Waals surface area contributed by atoms with Gasteiger partial charge in [-0.25, -0.2) is 0 Å². The molecule has 1 aliphatic rings. The minimum atomic E-state index is -0.181. The van der Waals surface area contributed by atoms with Gasteiger partial charge in [0.05, 0.1) is 23.3 Å². The number of benzene rings is 2. The summed E-state index contributed by atoms with van der Waals surface area (Å²) in [7, 11) is 0. The molecular formula is C23H30ClN3O2. The summed E-state index contributed by atoms with van der Waals surface area (Å²) in [5, 5.41) is 3.35. The molecule has 29 heavy (non-hydrogen) atoms. The molecule has 1 amide bonds. The van der Waals surface area contributed by atoms with Crippen LogP contribution in [0.4, 0.5) is 5.69 Å². The van der Waals surface area contributed by atoms with Crippen LogP contribution in [-0.2, 0) is 4.74 Å². The van der Waals surface area contributed by atoms with Gasteiger partial charge in [-0.1, -0.05) is 41.9 Å².